The van der Waals surface area contributed by atoms with E-state index in [4.69, 9.17) is 0 Å². The van der Waals surface area contributed by atoms with Gasteiger partial charge in [0.25, 0.3) is 0 Å². The molecule has 1 aliphatic rings. The molecule has 134 valence electrons. The van der Waals surface area contributed by atoms with Crippen molar-refractivity contribution in [3.8, 4) is 0 Å². The molecular weight excluding hydrogens is 351 g/mol. The molecule has 0 aliphatic carbocycles. The van der Waals surface area contributed by atoms with Crippen LogP contribution in [-0.2, 0) is 16.4 Å². The molecule has 0 radical (unpaired) electrons. The number of halogens is 3. The number of likely N-dealkylation sites (tertiary alicyclic amines) is 1. The number of benzene rings is 2. The normalized spacial score (nSPS) is 22.2. The zero-order chi connectivity index (χ0) is 18.1. The van der Waals surface area contributed by atoms with Crippen LogP contribution in [0.15, 0.2) is 65.6 Å². The van der Waals surface area contributed by atoms with Crippen molar-refractivity contribution in [2.45, 2.75) is 35.3 Å². The first-order valence-corrected chi connectivity index (χ1v) is 9.48. The first-order valence-electron chi connectivity index (χ1n) is 7.94. The van der Waals surface area contributed by atoms with E-state index in [0.717, 1.165) is 5.56 Å². The Bertz CT molecular complexity index is 807. The van der Waals surface area contributed by atoms with E-state index in [0.29, 0.717) is 0 Å². The maximum atomic E-state index is 13.7. The van der Waals surface area contributed by atoms with Crippen LogP contribution >= 0.6 is 0 Å². The Morgan fingerprint density at radius 3 is 2.08 bits per heavy atom. The van der Waals surface area contributed by atoms with Gasteiger partial charge in [0.15, 0.2) is 9.84 Å². The Morgan fingerprint density at radius 1 is 0.960 bits per heavy atom. The zero-order valence-corrected chi connectivity index (χ0v) is 14.2. The molecule has 1 heterocycles. The summed E-state index contributed by atoms with van der Waals surface area (Å²) in [7, 11) is -4.06. The minimum atomic E-state index is -4.61. The summed E-state index contributed by atoms with van der Waals surface area (Å²) in [6.45, 7) is 0.168. The third kappa shape index (κ3) is 3.72. The van der Waals surface area contributed by atoms with E-state index >= 15 is 0 Å². The highest BCUT2D eigenvalue weighted by molar-refractivity contribution is 7.92. The lowest BCUT2D eigenvalue weighted by Crippen LogP contribution is -2.48. The van der Waals surface area contributed by atoms with Crippen molar-refractivity contribution in [2.24, 2.45) is 0 Å². The van der Waals surface area contributed by atoms with Crippen LogP contribution in [0.4, 0.5) is 13.2 Å². The fraction of sp³-hybridized carbons (Fsp3) is 0.333. The van der Waals surface area contributed by atoms with Crippen LogP contribution in [0, 0.1) is 0 Å². The van der Waals surface area contributed by atoms with E-state index in [1.165, 1.54) is 29.2 Å². The van der Waals surface area contributed by atoms with Gasteiger partial charge in [-0.3, -0.25) is 4.90 Å². The van der Waals surface area contributed by atoms with Gasteiger partial charge >= 0.3 is 6.18 Å². The Labute approximate surface area is 145 Å². The van der Waals surface area contributed by atoms with Gasteiger partial charge in [0.1, 0.15) is 6.04 Å². The predicted molar refractivity (Wildman–Crippen MR) is 88.7 cm³/mol. The molecule has 1 aliphatic heterocycles. The average molecular weight is 369 g/mol. The molecule has 25 heavy (non-hydrogen) atoms. The Balaban J connectivity index is 1.92. The molecule has 2 aromatic rings. The lowest BCUT2D eigenvalue weighted by molar-refractivity contribution is -0.176. The summed E-state index contributed by atoms with van der Waals surface area (Å²) >= 11 is 0. The average Bonchev–Trinajstić information content (AvgIpc) is 3.01. The number of hydrogen-bond donors (Lipinski definition) is 0. The second-order valence-corrected chi connectivity index (χ2v) is 8.29. The van der Waals surface area contributed by atoms with Crippen molar-refractivity contribution in [2.75, 3.05) is 6.54 Å². The quantitative estimate of drug-likeness (QED) is 0.825. The standard InChI is InChI=1S/C18H18F3NO2S/c19-18(20,21)17-16(25(23,24)15-9-5-2-6-10-15)11-12-22(17)13-14-7-3-1-4-8-14/h1-10,16-17H,11-13H2/t16-,17-/m0/s1. The van der Waals surface area contributed by atoms with Gasteiger partial charge in [-0.2, -0.15) is 13.2 Å². The lowest BCUT2D eigenvalue weighted by Gasteiger charge is -2.30. The van der Waals surface area contributed by atoms with Gasteiger partial charge < -0.3 is 0 Å². The number of sulfone groups is 1. The van der Waals surface area contributed by atoms with Crippen molar-refractivity contribution in [3.63, 3.8) is 0 Å². The topological polar surface area (TPSA) is 37.4 Å². The molecule has 0 unspecified atom stereocenters. The second kappa shape index (κ2) is 6.80. The van der Waals surface area contributed by atoms with Gasteiger partial charge in [-0.1, -0.05) is 48.5 Å². The van der Waals surface area contributed by atoms with E-state index in [9.17, 15) is 21.6 Å². The molecule has 3 rings (SSSR count). The zero-order valence-electron chi connectivity index (χ0n) is 13.4. The van der Waals surface area contributed by atoms with Crippen molar-refractivity contribution < 1.29 is 21.6 Å². The van der Waals surface area contributed by atoms with Crippen LogP contribution in [0.3, 0.4) is 0 Å². The molecule has 1 fully saturated rings. The molecular formula is C18H18F3NO2S. The van der Waals surface area contributed by atoms with E-state index in [1.807, 2.05) is 0 Å². The van der Waals surface area contributed by atoms with Crippen LogP contribution in [-0.4, -0.2) is 37.3 Å². The monoisotopic (exact) mass is 369 g/mol. The largest absolute Gasteiger partial charge is 0.405 e. The second-order valence-electron chi connectivity index (χ2n) is 6.13. The van der Waals surface area contributed by atoms with Gasteiger partial charge in [0.2, 0.25) is 0 Å². The van der Waals surface area contributed by atoms with Gasteiger partial charge in [0.05, 0.1) is 10.1 Å². The number of nitrogens with zero attached hydrogens (tertiary/aromatic N) is 1. The number of hydrogen-bond acceptors (Lipinski definition) is 3. The maximum Gasteiger partial charge on any atom is 0.405 e. The third-order valence-corrected chi connectivity index (χ3v) is 6.70. The Kier molecular flexibility index (Phi) is 4.88. The Hall–Kier alpha value is -1.86. The molecule has 0 bridgehead atoms. The molecule has 2 aromatic carbocycles. The van der Waals surface area contributed by atoms with Crippen LogP contribution < -0.4 is 0 Å². The minimum Gasteiger partial charge on any atom is -0.287 e. The van der Waals surface area contributed by atoms with E-state index in [1.54, 1.807) is 36.4 Å². The molecule has 3 nitrogen and oxygen atoms in total. The molecule has 0 amide bonds. The van der Waals surface area contributed by atoms with Gasteiger partial charge in [-0.15, -0.1) is 0 Å². The van der Waals surface area contributed by atoms with Crippen molar-refractivity contribution >= 4 is 9.84 Å². The van der Waals surface area contributed by atoms with Crippen molar-refractivity contribution in [1.29, 1.82) is 0 Å². The highest BCUT2D eigenvalue weighted by atomic mass is 32.2. The number of rotatable bonds is 4. The molecule has 7 heteroatoms. The first kappa shape index (κ1) is 17.9. The molecule has 1 saturated heterocycles. The summed E-state index contributed by atoms with van der Waals surface area (Å²) in [6, 6.07) is 14.2. The predicted octanol–water partition coefficient (Wildman–Crippen LogP) is 3.67. The van der Waals surface area contributed by atoms with E-state index < -0.39 is 27.3 Å². The third-order valence-electron chi connectivity index (χ3n) is 4.48. The highest BCUT2D eigenvalue weighted by Crippen LogP contribution is 2.39. The van der Waals surface area contributed by atoms with E-state index in [-0.39, 0.29) is 24.4 Å². The fourth-order valence-electron chi connectivity index (χ4n) is 3.35. The molecule has 0 N–H and O–H groups in total. The minimum absolute atomic E-state index is 0.0335. The fourth-order valence-corrected chi connectivity index (χ4v) is 5.32. The summed E-state index contributed by atoms with van der Waals surface area (Å²) < 4.78 is 66.6. The van der Waals surface area contributed by atoms with Crippen LogP contribution in [0.1, 0.15) is 12.0 Å². The SMILES string of the molecule is O=S(=O)(c1ccccc1)[C@H]1CCN(Cc2ccccc2)[C@@H]1C(F)(F)F. The van der Waals surface area contributed by atoms with Crippen LogP contribution in [0.2, 0.25) is 0 Å². The first-order chi connectivity index (χ1) is 11.8. The molecule has 0 saturated carbocycles. The molecule has 2 atom stereocenters. The number of alkyl halides is 3. The van der Waals surface area contributed by atoms with Crippen molar-refractivity contribution in [3.05, 3.63) is 66.2 Å². The van der Waals surface area contributed by atoms with E-state index in [2.05, 4.69) is 0 Å². The summed E-state index contributed by atoms with van der Waals surface area (Å²) in [5.74, 6) is 0. The Morgan fingerprint density at radius 2 is 1.52 bits per heavy atom. The van der Waals surface area contributed by atoms with Crippen LogP contribution in [0.5, 0.6) is 0 Å². The van der Waals surface area contributed by atoms with Gasteiger partial charge in [-0.25, -0.2) is 8.42 Å². The smallest absolute Gasteiger partial charge is 0.287 e. The van der Waals surface area contributed by atoms with Crippen LogP contribution in [0.25, 0.3) is 0 Å². The van der Waals surface area contributed by atoms with Gasteiger partial charge in [0, 0.05) is 13.1 Å². The lowest BCUT2D eigenvalue weighted by atomic mass is 10.1. The van der Waals surface area contributed by atoms with Gasteiger partial charge in [-0.05, 0) is 24.1 Å². The summed E-state index contributed by atoms with van der Waals surface area (Å²) in [4.78, 5) is 1.16. The van der Waals surface area contributed by atoms with Crippen molar-refractivity contribution in [1.82, 2.24) is 4.90 Å². The molecule has 0 aromatic heterocycles. The summed E-state index contributed by atoms with van der Waals surface area (Å²) in [5, 5.41) is -1.49. The highest BCUT2D eigenvalue weighted by Gasteiger charge is 2.56. The summed E-state index contributed by atoms with van der Waals surface area (Å²) in [5.41, 5.74) is 0.731. The molecule has 0 spiro atoms. The maximum absolute atomic E-state index is 13.7. The summed E-state index contributed by atoms with van der Waals surface area (Å²) in [6.07, 6.45) is -4.65.